The molecule has 0 atom stereocenters. The van der Waals surface area contributed by atoms with E-state index < -0.39 is 0 Å². The molecule has 0 bridgehead atoms. The smallest absolute Gasteiger partial charge is 0.276 e. The number of rotatable bonds is 3. The van der Waals surface area contributed by atoms with Crippen molar-refractivity contribution in [3.05, 3.63) is 17.5 Å². The van der Waals surface area contributed by atoms with E-state index in [-0.39, 0.29) is 11.3 Å². The average molecular weight is 263 g/mol. The lowest BCUT2D eigenvalue weighted by Crippen LogP contribution is -2.41. The highest BCUT2D eigenvalue weighted by Crippen LogP contribution is 2.30. The Kier molecular flexibility index (Phi) is 3.86. The molecule has 0 spiro atoms. The van der Waals surface area contributed by atoms with Crippen LogP contribution in [-0.2, 0) is 11.3 Å². The van der Waals surface area contributed by atoms with Gasteiger partial charge in [-0.15, -0.1) is 0 Å². The molecule has 1 aliphatic rings. The van der Waals surface area contributed by atoms with E-state index in [1.165, 1.54) is 0 Å². The third kappa shape index (κ3) is 2.93. The predicted octanol–water partition coefficient (Wildman–Crippen LogP) is 1.59. The Hall–Kier alpha value is -1.87. The maximum Gasteiger partial charge on any atom is 0.276 e. The quantitative estimate of drug-likeness (QED) is 0.827. The maximum atomic E-state index is 12.2. The Labute approximate surface area is 111 Å². The molecule has 2 heterocycles. The first kappa shape index (κ1) is 13.6. The minimum Gasteiger partial charge on any atom is -0.377 e. The van der Waals surface area contributed by atoms with Crippen LogP contribution in [0.25, 0.3) is 0 Å². The molecule has 1 aliphatic heterocycles. The molecule has 1 saturated heterocycles. The molecular weight excluding hydrogens is 246 g/mol. The monoisotopic (exact) mass is 263 g/mol. The Morgan fingerprint density at radius 3 is 2.89 bits per heavy atom. The summed E-state index contributed by atoms with van der Waals surface area (Å²) in [5.74, 6) is 0.385. The van der Waals surface area contributed by atoms with Crippen LogP contribution < -0.4 is 0 Å². The van der Waals surface area contributed by atoms with Gasteiger partial charge in [-0.25, -0.2) is 0 Å². The Morgan fingerprint density at radius 1 is 1.63 bits per heavy atom. The molecular formula is C13H17N3O3. The van der Waals surface area contributed by atoms with E-state index in [0.717, 1.165) is 0 Å². The zero-order chi connectivity index (χ0) is 13.9. The van der Waals surface area contributed by atoms with E-state index in [2.05, 4.69) is 11.2 Å². The predicted molar refractivity (Wildman–Crippen MR) is 66.1 cm³/mol. The lowest BCUT2D eigenvalue weighted by Gasteiger charge is -2.34. The largest absolute Gasteiger partial charge is 0.377 e. The second-order valence-corrected chi connectivity index (χ2v) is 5.08. The number of carbonyl (C=O) groups excluding carboxylic acids is 1. The van der Waals surface area contributed by atoms with Crippen LogP contribution >= 0.6 is 0 Å². The standard InChI is InChI=1S/C13H17N3O3/c1-13(9-14)3-5-16(6-4-13)12(17)11-7-10(8-18-2)19-15-11/h7H,3-6,8H2,1-2H3. The Balaban J connectivity index is 1.99. The highest BCUT2D eigenvalue weighted by molar-refractivity contribution is 5.92. The van der Waals surface area contributed by atoms with E-state index in [4.69, 9.17) is 14.5 Å². The van der Waals surface area contributed by atoms with E-state index in [0.29, 0.717) is 44.0 Å². The molecule has 0 radical (unpaired) electrons. The third-order valence-electron chi connectivity index (χ3n) is 3.49. The van der Waals surface area contributed by atoms with Gasteiger partial charge in [0.1, 0.15) is 6.61 Å². The van der Waals surface area contributed by atoms with Crippen molar-refractivity contribution in [1.29, 1.82) is 5.26 Å². The highest BCUT2D eigenvalue weighted by atomic mass is 16.5. The molecule has 1 amide bonds. The molecule has 0 saturated carbocycles. The first-order valence-corrected chi connectivity index (χ1v) is 6.23. The van der Waals surface area contributed by atoms with Gasteiger partial charge in [-0.05, 0) is 19.8 Å². The molecule has 0 aliphatic carbocycles. The molecule has 102 valence electrons. The summed E-state index contributed by atoms with van der Waals surface area (Å²) < 4.78 is 9.92. The second kappa shape index (κ2) is 5.41. The fourth-order valence-electron chi connectivity index (χ4n) is 2.10. The van der Waals surface area contributed by atoms with Gasteiger partial charge in [-0.2, -0.15) is 5.26 Å². The molecule has 0 aromatic carbocycles. The number of hydrogen-bond donors (Lipinski definition) is 0. The van der Waals surface area contributed by atoms with E-state index >= 15 is 0 Å². The molecule has 2 rings (SSSR count). The molecule has 0 unspecified atom stereocenters. The number of nitriles is 1. The van der Waals surface area contributed by atoms with Crippen molar-refractivity contribution in [3.8, 4) is 6.07 Å². The molecule has 1 aromatic heterocycles. The number of carbonyl (C=O) groups is 1. The molecule has 19 heavy (non-hydrogen) atoms. The third-order valence-corrected chi connectivity index (χ3v) is 3.49. The summed E-state index contributed by atoms with van der Waals surface area (Å²) in [6, 6.07) is 3.91. The van der Waals surface area contributed by atoms with E-state index in [9.17, 15) is 4.79 Å². The maximum absolute atomic E-state index is 12.2. The molecule has 0 N–H and O–H groups in total. The van der Waals surface area contributed by atoms with Gasteiger partial charge in [0.05, 0.1) is 11.5 Å². The van der Waals surface area contributed by atoms with Gasteiger partial charge in [0.2, 0.25) is 0 Å². The molecule has 6 heteroatoms. The van der Waals surface area contributed by atoms with Crippen molar-refractivity contribution >= 4 is 5.91 Å². The minimum absolute atomic E-state index is 0.147. The topological polar surface area (TPSA) is 79.4 Å². The van der Waals surface area contributed by atoms with Gasteiger partial charge < -0.3 is 14.2 Å². The Bertz CT molecular complexity index is 495. The van der Waals surface area contributed by atoms with Crippen molar-refractivity contribution in [3.63, 3.8) is 0 Å². The molecule has 6 nitrogen and oxygen atoms in total. The summed E-state index contributed by atoms with van der Waals surface area (Å²) in [5, 5.41) is 12.8. The summed E-state index contributed by atoms with van der Waals surface area (Å²) in [6.07, 6.45) is 1.38. The number of hydrogen-bond acceptors (Lipinski definition) is 5. The van der Waals surface area contributed by atoms with Crippen LogP contribution in [0.2, 0.25) is 0 Å². The van der Waals surface area contributed by atoms with Crippen molar-refractivity contribution < 1.29 is 14.1 Å². The lowest BCUT2D eigenvalue weighted by atomic mass is 9.82. The van der Waals surface area contributed by atoms with Gasteiger partial charge in [0.15, 0.2) is 11.5 Å². The minimum atomic E-state index is -0.318. The summed E-state index contributed by atoms with van der Waals surface area (Å²) in [5.41, 5.74) is -0.0189. The fraction of sp³-hybridized carbons (Fsp3) is 0.615. The highest BCUT2D eigenvalue weighted by Gasteiger charge is 2.32. The Morgan fingerprint density at radius 2 is 2.32 bits per heavy atom. The van der Waals surface area contributed by atoms with Gasteiger partial charge >= 0.3 is 0 Å². The van der Waals surface area contributed by atoms with Crippen molar-refractivity contribution in [2.24, 2.45) is 5.41 Å². The fourth-order valence-corrected chi connectivity index (χ4v) is 2.10. The summed E-state index contributed by atoms with van der Waals surface area (Å²) in [7, 11) is 1.55. The first-order valence-electron chi connectivity index (χ1n) is 6.23. The molecule has 1 aromatic rings. The van der Waals surface area contributed by atoms with E-state index in [1.807, 2.05) is 6.92 Å². The summed E-state index contributed by atoms with van der Waals surface area (Å²) in [6.45, 7) is 3.39. The second-order valence-electron chi connectivity index (χ2n) is 5.08. The van der Waals surface area contributed by atoms with Crippen LogP contribution in [-0.4, -0.2) is 36.2 Å². The van der Waals surface area contributed by atoms with Gasteiger partial charge in [-0.3, -0.25) is 4.79 Å². The summed E-state index contributed by atoms with van der Waals surface area (Å²) in [4.78, 5) is 13.9. The number of nitrogens with zero attached hydrogens (tertiary/aromatic N) is 3. The number of methoxy groups -OCH3 is 1. The van der Waals surface area contributed by atoms with Crippen molar-refractivity contribution in [2.75, 3.05) is 20.2 Å². The van der Waals surface area contributed by atoms with Crippen molar-refractivity contribution in [2.45, 2.75) is 26.4 Å². The first-order chi connectivity index (χ1) is 9.08. The number of aromatic nitrogens is 1. The van der Waals surface area contributed by atoms with Crippen LogP contribution in [0, 0.1) is 16.7 Å². The number of likely N-dealkylation sites (tertiary alicyclic amines) is 1. The van der Waals surface area contributed by atoms with Crippen LogP contribution in [0.5, 0.6) is 0 Å². The van der Waals surface area contributed by atoms with E-state index in [1.54, 1.807) is 18.1 Å². The number of ether oxygens (including phenoxy) is 1. The summed E-state index contributed by atoms with van der Waals surface area (Å²) >= 11 is 0. The zero-order valence-corrected chi connectivity index (χ0v) is 11.2. The average Bonchev–Trinajstić information content (AvgIpc) is 2.88. The number of amides is 1. The van der Waals surface area contributed by atoms with Gasteiger partial charge in [-0.1, -0.05) is 5.16 Å². The van der Waals surface area contributed by atoms with Gasteiger partial charge in [0, 0.05) is 26.3 Å². The number of piperidine rings is 1. The van der Waals surface area contributed by atoms with Crippen LogP contribution in [0.15, 0.2) is 10.6 Å². The van der Waals surface area contributed by atoms with Gasteiger partial charge in [0.25, 0.3) is 5.91 Å². The van der Waals surface area contributed by atoms with Crippen LogP contribution in [0.1, 0.15) is 36.0 Å². The van der Waals surface area contributed by atoms with Crippen LogP contribution in [0.3, 0.4) is 0 Å². The lowest BCUT2D eigenvalue weighted by molar-refractivity contribution is 0.0651. The molecule has 1 fully saturated rings. The van der Waals surface area contributed by atoms with Crippen LogP contribution in [0.4, 0.5) is 0 Å². The van der Waals surface area contributed by atoms with Crippen molar-refractivity contribution in [1.82, 2.24) is 10.1 Å². The normalized spacial score (nSPS) is 18.1. The SMILES string of the molecule is COCc1cc(C(=O)N2CCC(C)(C#N)CC2)no1. The zero-order valence-electron chi connectivity index (χ0n) is 11.2.